The van der Waals surface area contributed by atoms with Gasteiger partial charge in [-0.05, 0) is 83.5 Å². The van der Waals surface area contributed by atoms with Crippen LogP contribution in [0.5, 0.6) is 0 Å². The summed E-state index contributed by atoms with van der Waals surface area (Å²) in [7, 11) is 0. The van der Waals surface area contributed by atoms with Crippen LogP contribution in [0.15, 0.2) is 0 Å². The maximum atomic E-state index is 12.7. The van der Waals surface area contributed by atoms with Gasteiger partial charge in [0.25, 0.3) is 0 Å². The van der Waals surface area contributed by atoms with E-state index in [1.165, 1.54) is 18.6 Å². The zero-order valence-corrected chi connectivity index (χ0v) is 15.7. The van der Waals surface area contributed by atoms with Gasteiger partial charge in [0.2, 0.25) is 0 Å². The van der Waals surface area contributed by atoms with Crippen molar-refractivity contribution in [3.05, 3.63) is 0 Å². The lowest BCUT2D eigenvalue weighted by Gasteiger charge is -2.42. The number of thioether (sulfide) groups is 1. The van der Waals surface area contributed by atoms with E-state index in [0.29, 0.717) is 6.61 Å². The smallest absolute Gasteiger partial charge is 0.312 e. The Morgan fingerprint density at radius 2 is 2.13 bits per heavy atom. The largest absolute Gasteiger partial charge is 0.466 e. The normalized spacial score (nSPS) is 25.2. The summed E-state index contributed by atoms with van der Waals surface area (Å²) in [6.07, 6.45) is 9.82. The second kappa shape index (κ2) is 9.90. The van der Waals surface area contributed by atoms with E-state index in [2.05, 4.69) is 11.2 Å². The highest BCUT2D eigenvalue weighted by molar-refractivity contribution is 7.98. The molecule has 0 aromatic carbocycles. The molecule has 0 aliphatic carbocycles. The highest BCUT2D eigenvalue weighted by atomic mass is 32.2. The minimum Gasteiger partial charge on any atom is -0.466 e. The molecule has 0 radical (unpaired) electrons. The number of hydrogen-bond donors (Lipinski definition) is 0. The second-order valence-corrected chi connectivity index (χ2v) is 7.87. The van der Waals surface area contributed by atoms with Gasteiger partial charge >= 0.3 is 5.97 Å². The second-order valence-electron chi connectivity index (χ2n) is 6.88. The van der Waals surface area contributed by atoms with Gasteiger partial charge in [0.15, 0.2) is 0 Å². The molecule has 2 aliphatic heterocycles. The summed E-state index contributed by atoms with van der Waals surface area (Å²) in [5, 5.41) is 0. The molecule has 0 unspecified atom stereocenters. The summed E-state index contributed by atoms with van der Waals surface area (Å²) in [5.41, 5.74) is -0.311. The Morgan fingerprint density at radius 1 is 1.35 bits per heavy atom. The van der Waals surface area contributed by atoms with Crippen LogP contribution in [0.4, 0.5) is 0 Å². The molecule has 0 spiro atoms. The van der Waals surface area contributed by atoms with Crippen molar-refractivity contribution in [3.63, 3.8) is 0 Å². The van der Waals surface area contributed by atoms with Gasteiger partial charge in [-0.3, -0.25) is 4.79 Å². The van der Waals surface area contributed by atoms with Crippen LogP contribution < -0.4 is 0 Å². The molecular formula is C18H33NO3S. The third kappa shape index (κ3) is 5.64. The third-order valence-corrected chi connectivity index (χ3v) is 5.93. The van der Waals surface area contributed by atoms with E-state index in [0.717, 1.165) is 58.3 Å². The van der Waals surface area contributed by atoms with Gasteiger partial charge < -0.3 is 14.4 Å². The zero-order chi connectivity index (χ0) is 16.5. The van der Waals surface area contributed by atoms with Crippen molar-refractivity contribution in [1.82, 2.24) is 4.90 Å². The lowest BCUT2D eigenvalue weighted by atomic mass is 9.73. The Bertz CT molecular complexity index is 350. The quantitative estimate of drug-likeness (QED) is 0.499. The first-order valence-corrected chi connectivity index (χ1v) is 10.6. The van der Waals surface area contributed by atoms with Gasteiger partial charge in [-0.25, -0.2) is 0 Å². The van der Waals surface area contributed by atoms with Crippen molar-refractivity contribution in [2.75, 3.05) is 44.9 Å². The van der Waals surface area contributed by atoms with E-state index in [1.807, 2.05) is 18.7 Å². The molecule has 0 aromatic rings. The molecule has 134 valence electrons. The molecule has 4 nitrogen and oxygen atoms in total. The Hall–Kier alpha value is -0.260. The van der Waals surface area contributed by atoms with Gasteiger partial charge in [0, 0.05) is 6.61 Å². The van der Waals surface area contributed by atoms with Crippen molar-refractivity contribution in [3.8, 4) is 0 Å². The fourth-order valence-corrected chi connectivity index (χ4v) is 4.23. The van der Waals surface area contributed by atoms with Crippen LogP contribution in [-0.2, 0) is 14.3 Å². The lowest BCUT2D eigenvalue weighted by molar-refractivity contribution is -0.162. The number of carbonyl (C=O) groups excluding carboxylic acids is 1. The van der Waals surface area contributed by atoms with Crippen molar-refractivity contribution >= 4 is 17.7 Å². The summed E-state index contributed by atoms with van der Waals surface area (Å²) in [5.74, 6) is 1.23. The number of esters is 1. The van der Waals surface area contributed by atoms with Crippen LogP contribution in [0.1, 0.15) is 51.9 Å². The third-order valence-electron chi connectivity index (χ3n) is 5.24. The first-order valence-electron chi connectivity index (χ1n) is 9.20. The van der Waals surface area contributed by atoms with Crippen LogP contribution in [0.2, 0.25) is 0 Å². The fraction of sp³-hybridized carbons (Fsp3) is 0.944. The molecule has 5 heteroatoms. The van der Waals surface area contributed by atoms with Crippen LogP contribution in [0.3, 0.4) is 0 Å². The summed E-state index contributed by atoms with van der Waals surface area (Å²) in [6, 6.07) is 0. The maximum absolute atomic E-state index is 12.7. The number of piperidine rings is 1. The van der Waals surface area contributed by atoms with E-state index in [-0.39, 0.29) is 17.5 Å². The molecule has 0 bridgehead atoms. The van der Waals surface area contributed by atoms with Crippen LogP contribution in [0, 0.1) is 5.41 Å². The molecular weight excluding hydrogens is 310 g/mol. The molecule has 2 fully saturated rings. The fourth-order valence-electron chi connectivity index (χ4n) is 3.82. The molecule has 2 saturated heterocycles. The van der Waals surface area contributed by atoms with Gasteiger partial charge in [-0.2, -0.15) is 11.8 Å². The first kappa shape index (κ1) is 19.1. The van der Waals surface area contributed by atoms with E-state index in [9.17, 15) is 4.79 Å². The molecule has 1 atom stereocenters. The molecule has 2 rings (SSSR count). The molecule has 0 saturated carbocycles. The highest BCUT2D eigenvalue weighted by Crippen LogP contribution is 2.39. The van der Waals surface area contributed by atoms with E-state index < -0.39 is 0 Å². The van der Waals surface area contributed by atoms with Crippen molar-refractivity contribution in [2.45, 2.75) is 58.0 Å². The molecule has 0 amide bonds. The molecule has 2 heterocycles. The number of ether oxygens (including phenoxy) is 2. The van der Waals surface area contributed by atoms with Gasteiger partial charge in [-0.1, -0.05) is 0 Å². The van der Waals surface area contributed by atoms with Gasteiger partial charge in [-0.15, -0.1) is 0 Å². The molecule has 0 aromatic heterocycles. The molecule has 0 N–H and O–H groups in total. The van der Waals surface area contributed by atoms with Gasteiger partial charge in [0.05, 0.1) is 18.1 Å². The minimum absolute atomic E-state index is 0.0120. The summed E-state index contributed by atoms with van der Waals surface area (Å²) < 4.78 is 11.4. The van der Waals surface area contributed by atoms with Crippen molar-refractivity contribution in [1.29, 1.82) is 0 Å². The lowest BCUT2D eigenvalue weighted by Crippen LogP contribution is -2.47. The number of hydrogen-bond acceptors (Lipinski definition) is 5. The van der Waals surface area contributed by atoms with E-state index in [4.69, 9.17) is 9.47 Å². The Labute approximate surface area is 145 Å². The van der Waals surface area contributed by atoms with Crippen molar-refractivity contribution in [2.24, 2.45) is 5.41 Å². The number of likely N-dealkylation sites (tertiary alicyclic amines) is 1. The predicted octanol–water partition coefficient (Wildman–Crippen LogP) is 3.34. The van der Waals surface area contributed by atoms with Crippen LogP contribution in [0.25, 0.3) is 0 Å². The topological polar surface area (TPSA) is 38.8 Å². The minimum atomic E-state index is -0.311. The van der Waals surface area contributed by atoms with Gasteiger partial charge in [0.1, 0.15) is 0 Å². The summed E-state index contributed by atoms with van der Waals surface area (Å²) >= 11 is 1.91. The standard InChI is InChI=1S/C18H33NO3S/c1-3-21-17(20)18(15-16-7-4-5-13-22-16)8-11-19(12-9-18)10-6-14-23-2/h16H,3-15H2,1-2H3/t16-/m0/s1. The zero-order valence-electron chi connectivity index (χ0n) is 14.8. The van der Waals surface area contributed by atoms with Crippen LogP contribution >= 0.6 is 11.8 Å². The average molecular weight is 344 g/mol. The SMILES string of the molecule is CCOC(=O)C1(C[C@@H]2CCCCO2)CCN(CCCSC)CC1. The average Bonchev–Trinajstić information content (AvgIpc) is 2.58. The number of rotatable bonds is 8. The Morgan fingerprint density at radius 3 is 2.74 bits per heavy atom. The van der Waals surface area contributed by atoms with E-state index in [1.54, 1.807) is 0 Å². The number of carbonyl (C=O) groups is 1. The predicted molar refractivity (Wildman–Crippen MR) is 95.9 cm³/mol. The van der Waals surface area contributed by atoms with Crippen LogP contribution in [-0.4, -0.2) is 61.8 Å². The summed E-state index contributed by atoms with van der Waals surface area (Å²) in [6.45, 7) is 6.41. The molecule has 2 aliphatic rings. The Kier molecular flexibility index (Phi) is 8.21. The summed E-state index contributed by atoms with van der Waals surface area (Å²) in [4.78, 5) is 15.2. The van der Waals surface area contributed by atoms with E-state index >= 15 is 0 Å². The Balaban J connectivity index is 1.91. The number of nitrogens with zero attached hydrogens (tertiary/aromatic N) is 1. The molecule has 23 heavy (non-hydrogen) atoms. The first-order chi connectivity index (χ1) is 11.2. The van der Waals surface area contributed by atoms with Crippen molar-refractivity contribution < 1.29 is 14.3 Å². The maximum Gasteiger partial charge on any atom is 0.312 e. The monoisotopic (exact) mass is 343 g/mol. The highest BCUT2D eigenvalue weighted by Gasteiger charge is 2.44.